The van der Waals surface area contributed by atoms with Crippen molar-refractivity contribution < 1.29 is 0 Å². The van der Waals surface area contributed by atoms with Crippen LogP contribution in [0.5, 0.6) is 0 Å². The van der Waals surface area contributed by atoms with E-state index < -0.39 is 0 Å². The van der Waals surface area contributed by atoms with Crippen LogP contribution in [-0.4, -0.2) is 12.6 Å². The van der Waals surface area contributed by atoms with Crippen LogP contribution in [0.3, 0.4) is 0 Å². The largest absolute Gasteiger partial charge is 0.314 e. The minimum Gasteiger partial charge on any atom is -0.314 e. The second-order valence-corrected chi connectivity index (χ2v) is 5.63. The number of hydrogen-bond donors (Lipinski definition) is 1. The van der Waals surface area contributed by atoms with Crippen LogP contribution in [0.15, 0.2) is 0 Å². The second-order valence-electron chi connectivity index (χ2n) is 5.63. The van der Waals surface area contributed by atoms with Gasteiger partial charge in [0, 0.05) is 6.04 Å². The van der Waals surface area contributed by atoms with Crippen LogP contribution >= 0.6 is 0 Å². The Labute approximate surface area is 116 Å². The summed E-state index contributed by atoms with van der Waals surface area (Å²) in [7, 11) is 0. The molecule has 110 valence electrons. The van der Waals surface area contributed by atoms with E-state index >= 15 is 0 Å². The van der Waals surface area contributed by atoms with Crippen molar-refractivity contribution in [2.45, 2.75) is 104 Å². The van der Waals surface area contributed by atoms with E-state index in [1.54, 1.807) is 0 Å². The third-order valence-corrected chi connectivity index (χ3v) is 3.89. The average molecular weight is 255 g/mol. The first-order chi connectivity index (χ1) is 8.85. The predicted molar refractivity (Wildman–Crippen MR) is 84.2 cm³/mol. The average Bonchev–Trinajstić information content (AvgIpc) is 2.39. The molecule has 1 unspecified atom stereocenters. The fourth-order valence-corrected chi connectivity index (χ4v) is 2.62. The van der Waals surface area contributed by atoms with Crippen molar-refractivity contribution in [2.75, 3.05) is 6.54 Å². The van der Waals surface area contributed by atoms with E-state index in [1.165, 1.54) is 77.0 Å². The first-order valence-corrected chi connectivity index (χ1v) is 8.58. The second kappa shape index (κ2) is 15.0. The lowest BCUT2D eigenvalue weighted by Gasteiger charge is -2.15. The molecule has 0 rings (SSSR count). The number of rotatable bonds is 14. The van der Waals surface area contributed by atoms with Gasteiger partial charge < -0.3 is 5.32 Å². The summed E-state index contributed by atoms with van der Waals surface area (Å²) in [6, 6.07) is 0.768. The SMILES string of the molecule is CCCCCCCCCCCCC(CC)NCC. The highest BCUT2D eigenvalue weighted by Crippen LogP contribution is 2.12. The lowest BCUT2D eigenvalue weighted by Crippen LogP contribution is -2.27. The third kappa shape index (κ3) is 12.4. The molecule has 0 radical (unpaired) electrons. The van der Waals surface area contributed by atoms with E-state index in [0.29, 0.717) is 0 Å². The van der Waals surface area contributed by atoms with Gasteiger partial charge in [0.2, 0.25) is 0 Å². The molecule has 0 heterocycles. The molecule has 0 aliphatic heterocycles. The molecule has 18 heavy (non-hydrogen) atoms. The van der Waals surface area contributed by atoms with Gasteiger partial charge in [0.15, 0.2) is 0 Å². The molecule has 0 aliphatic carbocycles. The lowest BCUT2D eigenvalue weighted by molar-refractivity contribution is 0.450. The zero-order chi connectivity index (χ0) is 13.5. The Bertz CT molecular complexity index is 145. The van der Waals surface area contributed by atoms with E-state index in [0.717, 1.165) is 12.6 Å². The van der Waals surface area contributed by atoms with Gasteiger partial charge in [-0.1, -0.05) is 85.0 Å². The summed E-state index contributed by atoms with van der Waals surface area (Å²) in [5.41, 5.74) is 0. The fourth-order valence-electron chi connectivity index (χ4n) is 2.62. The van der Waals surface area contributed by atoms with E-state index in [9.17, 15) is 0 Å². The molecule has 1 heteroatoms. The molecule has 0 aromatic rings. The number of hydrogen-bond acceptors (Lipinski definition) is 1. The van der Waals surface area contributed by atoms with Crippen LogP contribution in [0, 0.1) is 0 Å². The quantitative estimate of drug-likeness (QED) is 0.393. The van der Waals surface area contributed by atoms with Gasteiger partial charge in [-0.2, -0.15) is 0 Å². The van der Waals surface area contributed by atoms with Crippen molar-refractivity contribution in [3.63, 3.8) is 0 Å². The monoisotopic (exact) mass is 255 g/mol. The van der Waals surface area contributed by atoms with Crippen LogP contribution in [0.25, 0.3) is 0 Å². The summed E-state index contributed by atoms with van der Waals surface area (Å²) in [6.07, 6.45) is 17.1. The normalized spacial score (nSPS) is 12.8. The highest BCUT2D eigenvalue weighted by molar-refractivity contribution is 4.63. The van der Waals surface area contributed by atoms with Gasteiger partial charge in [-0.25, -0.2) is 0 Å². The van der Waals surface area contributed by atoms with Crippen LogP contribution in [0.2, 0.25) is 0 Å². The number of nitrogens with one attached hydrogen (secondary N) is 1. The Morgan fingerprint density at radius 2 is 1.17 bits per heavy atom. The summed E-state index contributed by atoms with van der Waals surface area (Å²) in [5, 5.41) is 3.56. The highest BCUT2D eigenvalue weighted by atomic mass is 14.9. The van der Waals surface area contributed by atoms with Gasteiger partial charge in [-0.05, 0) is 19.4 Å². The molecule has 0 bridgehead atoms. The molecule has 0 saturated carbocycles. The Morgan fingerprint density at radius 3 is 1.61 bits per heavy atom. The molecule has 0 aromatic carbocycles. The van der Waals surface area contributed by atoms with Crippen LogP contribution in [0.1, 0.15) is 97.8 Å². The topological polar surface area (TPSA) is 12.0 Å². The summed E-state index contributed by atoms with van der Waals surface area (Å²) >= 11 is 0. The van der Waals surface area contributed by atoms with Gasteiger partial charge in [-0.3, -0.25) is 0 Å². The molecule has 1 nitrogen and oxygen atoms in total. The highest BCUT2D eigenvalue weighted by Gasteiger charge is 2.02. The Morgan fingerprint density at radius 1 is 0.667 bits per heavy atom. The van der Waals surface area contributed by atoms with Crippen molar-refractivity contribution in [3.05, 3.63) is 0 Å². The van der Waals surface area contributed by atoms with Gasteiger partial charge in [0.25, 0.3) is 0 Å². The fraction of sp³-hybridized carbons (Fsp3) is 1.00. The Kier molecular flexibility index (Phi) is 15.0. The van der Waals surface area contributed by atoms with E-state index in [1.807, 2.05) is 0 Å². The standard InChI is InChI=1S/C17H37N/c1-4-7-8-9-10-11-12-13-14-15-16-17(5-2)18-6-3/h17-18H,4-16H2,1-3H3. The summed E-state index contributed by atoms with van der Waals surface area (Å²) in [6.45, 7) is 7.91. The van der Waals surface area contributed by atoms with E-state index in [-0.39, 0.29) is 0 Å². The van der Waals surface area contributed by atoms with Crippen molar-refractivity contribution >= 4 is 0 Å². The van der Waals surface area contributed by atoms with Gasteiger partial charge in [-0.15, -0.1) is 0 Å². The minimum atomic E-state index is 0.768. The maximum atomic E-state index is 3.56. The lowest BCUT2D eigenvalue weighted by atomic mass is 10.0. The van der Waals surface area contributed by atoms with Crippen LogP contribution < -0.4 is 5.32 Å². The molecular formula is C17H37N. The zero-order valence-electron chi connectivity index (χ0n) is 13.3. The molecule has 0 fully saturated rings. The summed E-state index contributed by atoms with van der Waals surface area (Å²) in [4.78, 5) is 0. The first kappa shape index (κ1) is 18.0. The molecular weight excluding hydrogens is 218 g/mol. The number of unbranched alkanes of at least 4 members (excludes halogenated alkanes) is 9. The molecule has 1 N–H and O–H groups in total. The molecule has 0 saturated heterocycles. The van der Waals surface area contributed by atoms with Crippen LogP contribution in [-0.2, 0) is 0 Å². The summed E-state index contributed by atoms with van der Waals surface area (Å²) < 4.78 is 0. The molecule has 0 spiro atoms. The van der Waals surface area contributed by atoms with Crippen molar-refractivity contribution in [3.8, 4) is 0 Å². The smallest absolute Gasteiger partial charge is 0.00643 e. The molecule has 1 atom stereocenters. The van der Waals surface area contributed by atoms with Gasteiger partial charge in [0.05, 0.1) is 0 Å². The van der Waals surface area contributed by atoms with Gasteiger partial charge >= 0.3 is 0 Å². The predicted octanol–water partition coefficient (Wildman–Crippen LogP) is 5.69. The van der Waals surface area contributed by atoms with E-state index in [4.69, 9.17) is 0 Å². The van der Waals surface area contributed by atoms with Crippen molar-refractivity contribution in [2.24, 2.45) is 0 Å². The minimum absolute atomic E-state index is 0.768. The van der Waals surface area contributed by atoms with Gasteiger partial charge in [0.1, 0.15) is 0 Å². The molecule has 0 aromatic heterocycles. The van der Waals surface area contributed by atoms with E-state index in [2.05, 4.69) is 26.1 Å². The maximum absolute atomic E-state index is 3.56. The van der Waals surface area contributed by atoms with Crippen LogP contribution in [0.4, 0.5) is 0 Å². The summed E-state index contributed by atoms with van der Waals surface area (Å²) in [5.74, 6) is 0. The van der Waals surface area contributed by atoms with Crippen molar-refractivity contribution in [1.82, 2.24) is 5.32 Å². The Balaban J connectivity index is 3.10. The first-order valence-electron chi connectivity index (χ1n) is 8.58. The van der Waals surface area contributed by atoms with Crippen molar-refractivity contribution in [1.29, 1.82) is 0 Å². The molecule has 0 amide bonds. The zero-order valence-corrected chi connectivity index (χ0v) is 13.3. The third-order valence-electron chi connectivity index (χ3n) is 3.89. The maximum Gasteiger partial charge on any atom is 0.00643 e. The molecule has 0 aliphatic rings. The Hall–Kier alpha value is -0.0400.